The second kappa shape index (κ2) is 4.04. The molecule has 1 aromatic carbocycles. The van der Waals surface area contributed by atoms with Gasteiger partial charge in [-0.05, 0) is 24.1 Å². The molecule has 0 atom stereocenters. The predicted octanol–water partition coefficient (Wildman–Crippen LogP) is 2.30. The Bertz CT molecular complexity index is 430. The van der Waals surface area contributed by atoms with Crippen molar-refractivity contribution < 1.29 is 0 Å². The maximum absolute atomic E-state index is 5.66. The van der Waals surface area contributed by atoms with Crippen LogP contribution in [-0.4, -0.2) is 10.2 Å². The lowest BCUT2D eigenvalue weighted by Crippen LogP contribution is -1.94. The number of H-pyrrole nitrogens is 1. The maximum Gasteiger partial charge on any atom is 0.143 e. The van der Waals surface area contributed by atoms with Gasteiger partial charge in [-0.25, -0.2) is 0 Å². The fraction of sp³-hybridized carbons (Fsp3) is 0.182. The quantitative estimate of drug-likeness (QED) is 0.715. The summed E-state index contributed by atoms with van der Waals surface area (Å²) in [5.74, 6) is 0.551. The van der Waals surface area contributed by atoms with E-state index in [4.69, 9.17) is 5.73 Å². The fourth-order valence-corrected chi connectivity index (χ4v) is 1.38. The molecule has 2 aromatic rings. The first kappa shape index (κ1) is 9.58. The summed E-state index contributed by atoms with van der Waals surface area (Å²) in [7, 11) is 0. The Labute approximate surface area is 88.5 Å². The topological polar surface area (TPSA) is 66.7 Å². The Kier molecular flexibility index (Phi) is 2.58. The first-order chi connectivity index (χ1) is 7.29. The summed E-state index contributed by atoms with van der Waals surface area (Å²) >= 11 is 0. The van der Waals surface area contributed by atoms with Gasteiger partial charge in [0.2, 0.25) is 0 Å². The molecule has 0 spiro atoms. The molecule has 0 saturated heterocycles. The summed E-state index contributed by atoms with van der Waals surface area (Å²) in [6.07, 6.45) is 2.72. The average Bonchev–Trinajstić information content (AvgIpc) is 2.66. The van der Waals surface area contributed by atoms with Crippen molar-refractivity contribution in [3.8, 4) is 0 Å². The van der Waals surface area contributed by atoms with Crippen LogP contribution < -0.4 is 11.1 Å². The summed E-state index contributed by atoms with van der Waals surface area (Å²) in [5, 5.41) is 9.70. The number of hydrogen-bond acceptors (Lipinski definition) is 3. The van der Waals surface area contributed by atoms with Gasteiger partial charge < -0.3 is 11.1 Å². The lowest BCUT2D eigenvalue weighted by molar-refractivity contribution is 1.10. The van der Waals surface area contributed by atoms with Gasteiger partial charge in [0.15, 0.2) is 0 Å². The number of nitrogens with two attached hydrogens (primary N) is 1. The van der Waals surface area contributed by atoms with E-state index in [1.807, 2.05) is 12.1 Å². The third-order valence-electron chi connectivity index (χ3n) is 2.31. The number of anilines is 3. The van der Waals surface area contributed by atoms with Crippen LogP contribution in [0, 0.1) is 0 Å². The summed E-state index contributed by atoms with van der Waals surface area (Å²) < 4.78 is 0. The molecule has 1 aromatic heterocycles. The van der Waals surface area contributed by atoms with E-state index in [1.54, 1.807) is 6.20 Å². The summed E-state index contributed by atoms with van der Waals surface area (Å²) in [6.45, 7) is 2.14. The molecule has 0 aliphatic rings. The number of aryl methyl sites for hydroxylation is 1. The van der Waals surface area contributed by atoms with E-state index in [9.17, 15) is 0 Å². The van der Waals surface area contributed by atoms with Gasteiger partial charge in [-0.15, -0.1) is 0 Å². The minimum atomic E-state index is 0.551. The average molecular weight is 202 g/mol. The highest BCUT2D eigenvalue weighted by Gasteiger charge is 2.00. The van der Waals surface area contributed by atoms with Crippen LogP contribution in [0.25, 0.3) is 0 Å². The molecule has 0 amide bonds. The highest BCUT2D eigenvalue weighted by molar-refractivity contribution is 5.68. The van der Waals surface area contributed by atoms with E-state index >= 15 is 0 Å². The third kappa shape index (κ3) is 2.10. The first-order valence-electron chi connectivity index (χ1n) is 4.94. The Morgan fingerprint density at radius 2 is 2.07 bits per heavy atom. The Morgan fingerprint density at radius 1 is 1.33 bits per heavy atom. The van der Waals surface area contributed by atoms with Gasteiger partial charge in [0.1, 0.15) is 11.5 Å². The molecule has 2 rings (SSSR count). The van der Waals surface area contributed by atoms with Gasteiger partial charge in [-0.1, -0.05) is 19.1 Å². The monoisotopic (exact) mass is 202 g/mol. The third-order valence-corrected chi connectivity index (χ3v) is 2.31. The second-order valence-electron chi connectivity index (χ2n) is 3.37. The summed E-state index contributed by atoms with van der Waals surface area (Å²) in [4.78, 5) is 0. The lowest BCUT2D eigenvalue weighted by Gasteiger charge is -2.05. The number of nitrogens with one attached hydrogen (secondary N) is 2. The SMILES string of the molecule is CCc1ccc(Nc2cn[nH]c2N)cc1. The Hall–Kier alpha value is -1.97. The van der Waals surface area contributed by atoms with Gasteiger partial charge in [-0.3, -0.25) is 5.10 Å². The number of nitrogen functional groups attached to an aromatic ring is 1. The number of rotatable bonds is 3. The number of hydrogen-bond donors (Lipinski definition) is 3. The normalized spacial score (nSPS) is 10.2. The molecule has 0 aliphatic heterocycles. The number of aromatic nitrogens is 2. The van der Waals surface area contributed by atoms with Crippen LogP contribution in [0.5, 0.6) is 0 Å². The van der Waals surface area contributed by atoms with Crippen LogP contribution in [0.3, 0.4) is 0 Å². The standard InChI is InChI=1S/C11H14N4/c1-2-8-3-5-9(6-4-8)14-10-7-13-15-11(10)12/h3-7,14H,2H2,1H3,(H3,12,13,15). The summed E-state index contributed by atoms with van der Waals surface area (Å²) in [6, 6.07) is 8.26. The van der Waals surface area contributed by atoms with E-state index in [2.05, 4.69) is 34.6 Å². The van der Waals surface area contributed by atoms with Crippen molar-refractivity contribution in [3.05, 3.63) is 36.0 Å². The zero-order chi connectivity index (χ0) is 10.7. The van der Waals surface area contributed by atoms with Crippen molar-refractivity contribution in [1.82, 2.24) is 10.2 Å². The van der Waals surface area contributed by atoms with Crippen LogP contribution in [0.4, 0.5) is 17.2 Å². The van der Waals surface area contributed by atoms with Crippen molar-refractivity contribution in [1.29, 1.82) is 0 Å². The molecule has 0 radical (unpaired) electrons. The molecule has 0 fully saturated rings. The van der Waals surface area contributed by atoms with E-state index in [0.717, 1.165) is 17.8 Å². The van der Waals surface area contributed by atoms with Crippen LogP contribution >= 0.6 is 0 Å². The minimum Gasteiger partial charge on any atom is -0.382 e. The number of nitrogens with zero attached hydrogens (tertiary/aromatic N) is 1. The van der Waals surface area contributed by atoms with Crippen LogP contribution in [0.2, 0.25) is 0 Å². The number of aromatic amines is 1. The molecule has 0 aliphatic carbocycles. The highest BCUT2D eigenvalue weighted by Crippen LogP contribution is 2.20. The second-order valence-corrected chi connectivity index (χ2v) is 3.37. The smallest absolute Gasteiger partial charge is 0.143 e. The molecule has 4 nitrogen and oxygen atoms in total. The molecule has 0 saturated carbocycles. The zero-order valence-corrected chi connectivity index (χ0v) is 8.62. The van der Waals surface area contributed by atoms with Crippen molar-refractivity contribution in [3.63, 3.8) is 0 Å². The first-order valence-corrected chi connectivity index (χ1v) is 4.94. The molecule has 15 heavy (non-hydrogen) atoms. The van der Waals surface area contributed by atoms with E-state index in [1.165, 1.54) is 5.56 Å². The van der Waals surface area contributed by atoms with Crippen molar-refractivity contribution in [2.75, 3.05) is 11.1 Å². The molecule has 4 N–H and O–H groups in total. The van der Waals surface area contributed by atoms with Crippen molar-refractivity contribution in [2.45, 2.75) is 13.3 Å². The predicted molar refractivity (Wildman–Crippen MR) is 62.1 cm³/mol. The zero-order valence-electron chi connectivity index (χ0n) is 8.62. The minimum absolute atomic E-state index is 0.551. The van der Waals surface area contributed by atoms with Gasteiger partial charge >= 0.3 is 0 Å². The van der Waals surface area contributed by atoms with Crippen molar-refractivity contribution >= 4 is 17.2 Å². The Morgan fingerprint density at radius 3 is 2.60 bits per heavy atom. The van der Waals surface area contributed by atoms with Gasteiger partial charge in [0.05, 0.1) is 6.20 Å². The van der Waals surface area contributed by atoms with Crippen molar-refractivity contribution in [2.24, 2.45) is 0 Å². The lowest BCUT2D eigenvalue weighted by atomic mass is 10.1. The van der Waals surface area contributed by atoms with Gasteiger partial charge in [0.25, 0.3) is 0 Å². The molecule has 1 heterocycles. The van der Waals surface area contributed by atoms with Crippen LogP contribution in [0.1, 0.15) is 12.5 Å². The van der Waals surface area contributed by atoms with Gasteiger partial charge in [-0.2, -0.15) is 5.10 Å². The van der Waals surface area contributed by atoms with E-state index in [0.29, 0.717) is 5.82 Å². The fourth-order valence-electron chi connectivity index (χ4n) is 1.38. The maximum atomic E-state index is 5.66. The highest BCUT2D eigenvalue weighted by atomic mass is 15.2. The number of benzene rings is 1. The molecular formula is C11H14N4. The van der Waals surface area contributed by atoms with Gasteiger partial charge in [0, 0.05) is 5.69 Å². The van der Waals surface area contributed by atoms with Crippen LogP contribution in [0.15, 0.2) is 30.5 Å². The molecule has 0 bridgehead atoms. The Balaban J connectivity index is 2.14. The molecular weight excluding hydrogens is 188 g/mol. The molecule has 4 heteroatoms. The summed E-state index contributed by atoms with van der Waals surface area (Å²) in [5.41, 5.74) is 8.80. The van der Waals surface area contributed by atoms with E-state index < -0.39 is 0 Å². The molecule has 0 unspecified atom stereocenters. The largest absolute Gasteiger partial charge is 0.382 e. The van der Waals surface area contributed by atoms with Crippen LogP contribution in [-0.2, 0) is 6.42 Å². The van der Waals surface area contributed by atoms with E-state index in [-0.39, 0.29) is 0 Å². The molecule has 78 valence electrons.